The number of ether oxygens (including phenoxy) is 3. The molecule has 0 radical (unpaired) electrons. The fourth-order valence-corrected chi connectivity index (χ4v) is 3.43. The Bertz CT molecular complexity index is 880. The first-order chi connectivity index (χ1) is 15.1. The summed E-state index contributed by atoms with van der Waals surface area (Å²) in [6, 6.07) is 5.32. The molecule has 1 aromatic rings. The summed E-state index contributed by atoms with van der Waals surface area (Å²) in [5.74, 6) is -0.586. The van der Waals surface area contributed by atoms with Crippen LogP contribution in [0.4, 0.5) is 4.79 Å². The molecule has 1 N–H and O–H groups in total. The first-order valence-electron chi connectivity index (χ1n) is 11.3. The van der Waals surface area contributed by atoms with Gasteiger partial charge in [0.2, 0.25) is 0 Å². The normalized spacial score (nSPS) is 14.5. The summed E-state index contributed by atoms with van der Waals surface area (Å²) in [7, 11) is 0. The third kappa shape index (κ3) is 8.44. The van der Waals surface area contributed by atoms with Crippen molar-refractivity contribution in [3.05, 3.63) is 34.9 Å². The maximum absolute atomic E-state index is 12.8. The van der Waals surface area contributed by atoms with Gasteiger partial charge in [-0.3, -0.25) is 14.5 Å². The smallest absolute Gasteiger partial charge is 0.407 e. The van der Waals surface area contributed by atoms with E-state index >= 15 is 0 Å². The summed E-state index contributed by atoms with van der Waals surface area (Å²) in [5, 5.41) is 2.67. The summed E-state index contributed by atoms with van der Waals surface area (Å²) in [5.41, 5.74) is 0.310. The van der Waals surface area contributed by atoms with Crippen LogP contribution in [0.2, 0.25) is 0 Å². The molecule has 184 valence electrons. The molecule has 0 saturated heterocycles. The zero-order valence-electron chi connectivity index (χ0n) is 21.2. The number of benzene rings is 1. The third-order valence-corrected chi connectivity index (χ3v) is 4.78. The van der Waals surface area contributed by atoms with E-state index in [4.69, 9.17) is 14.2 Å². The maximum atomic E-state index is 12.8. The second-order valence-electron chi connectivity index (χ2n) is 10.8. The third-order valence-electron chi connectivity index (χ3n) is 4.78. The van der Waals surface area contributed by atoms with Crippen LogP contribution in [0.25, 0.3) is 0 Å². The van der Waals surface area contributed by atoms with Gasteiger partial charge in [0.05, 0.1) is 42.1 Å². The molecule has 8 heteroatoms. The van der Waals surface area contributed by atoms with E-state index in [0.29, 0.717) is 37.3 Å². The molecule has 1 heterocycles. The number of imide groups is 1. The van der Waals surface area contributed by atoms with Crippen molar-refractivity contribution in [1.82, 2.24) is 10.2 Å². The van der Waals surface area contributed by atoms with Crippen molar-refractivity contribution in [1.29, 1.82) is 0 Å². The second kappa shape index (κ2) is 10.2. The number of amides is 3. The van der Waals surface area contributed by atoms with Gasteiger partial charge < -0.3 is 19.5 Å². The van der Waals surface area contributed by atoms with Gasteiger partial charge in [-0.25, -0.2) is 4.79 Å². The summed E-state index contributed by atoms with van der Waals surface area (Å²) < 4.78 is 16.8. The Morgan fingerprint density at radius 2 is 1.52 bits per heavy atom. The molecular weight excluding hydrogens is 424 g/mol. The topological polar surface area (TPSA) is 94.2 Å². The molecule has 2 rings (SSSR count). The summed E-state index contributed by atoms with van der Waals surface area (Å²) in [4.78, 5) is 38.4. The van der Waals surface area contributed by atoms with Gasteiger partial charge in [0, 0.05) is 13.0 Å². The van der Waals surface area contributed by atoms with E-state index in [9.17, 15) is 14.4 Å². The van der Waals surface area contributed by atoms with Crippen LogP contribution in [0.5, 0.6) is 0 Å². The van der Waals surface area contributed by atoms with E-state index in [1.165, 1.54) is 4.90 Å². The highest BCUT2D eigenvalue weighted by atomic mass is 16.6. The number of alkyl carbamates (subject to hydrolysis) is 1. The number of nitrogens with one attached hydrogen (secondary N) is 1. The molecule has 1 aliphatic rings. The second-order valence-corrected chi connectivity index (χ2v) is 10.8. The largest absolute Gasteiger partial charge is 0.444 e. The first-order valence-corrected chi connectivity index (χ1v) is 11.3. The van der Waals surface area contributed by atoms with Gasteiger partial charge in [0.15, 0.2) is 0 Å². The molecule has 3 amide bonds. The average Bonchev–Trinajstić information content (AvgIpc) is 2.87. The highest BCUT2D eigenvalue weighted by Crippen LogP contribution is 2.26. The molecule has 0 atom stereocenters. The predicted octanol–water partition coefficient (Wildman–Crippen LogP) is 3.96. The molecule has 0 aliphatic carbocycles. The minimum Gasteiger partial charge on any atom is -0.444 e. The minimum absolute atomic E-state index is 0.220. The Labute approximate surface area is 196 Å². The maximum Gasteiger partial charge on any atom is 0.407 e. The van der Waals surface area contributed by atoms with E-state index < -0.39 is 17.3 Å². The van der Waals surface area contributed by atoms with Crippen LogP contribution in [0.15, 0.2) is 18.2 Å². The van der Waals surface area contributed by atoms with E-state index in [-0.39, 0.29) is 24.0 Å². The highest BCUT2D eigenvalue weighted by molar-refractivity contribution is 6.21. The molecule has 1 aromatic carbocycles. The Balaban J connectivity index is 1.91. The lowest BCUT2D eigenvalue weighted by atomic mass is 9.95. The molecular formula is C25H38N2O6. The predicted molar refractivity (Wildman–Crippen MR) is 125 cm³/mol. The Kier molecular flexibility index (Phi) is 8.30. The van der Waals surface area contributed by atoms with Crippen molar-refractivity contribution in [2.24, 2.45) is 0 Å². The van der Waals surface area contributed by atoms with E-state index in [1.54, 1.807) is 32.9 Å². The average molecular weight is 463 g/mol. The van der Waals surface area contributed by atoms with Gasteiger partial charge in [0.25, 0.3) is 11.8 Å². The van der Waals surface area contributed by atoms with Crippen LogP contribution in [-0.4, -0.2) is 65.9 Å². The number of fused-ring (bicyclic) bond motifs is 1. The zero-order chi connectivity index (χ0) is 25.0. The number of rotatable bonds is 9. The molecule has 0 fully saturated rings. The first kappa shape index (κ1) is 26.8. The number of hydrogen-bond donors (Lipinski definition) is 1. The van der Waals surface area contributed by atoms with Gasteiger partial charge in [-0.2, -0.15) is 0 Å². The molecule has 1 aliphatic heterocycles. The lowest BCUT2D eigenvalue weighted by molar-refractivity contribution is -0.0165. The number of carbonyl (C=O) groups excluding carboxylic acids is 3. The van der Waals surface area contributed by atoms with Crippen LogP contribution in [-0.2, 0) is 20.6 Å². The summed E-state index contributed by atoms with van der Waals surface area (Å²) in [6.45, 7) is 16.2. The molecule has 0 bridgehead atoms. The van der Waals surface area contributed by atoms with Crippen molar-refractivity contribution in [2.45, 2.75) is 78.6 Å². The van der Waals surface area contributed by atoms with E-state index in [0.717, 1.165) is 5.56 Å². The quantitative estimate of drug-likeness (QED) is 0.441. The Hall–Kier alpha value is -2.45. The number of hydrogen-bond acceptors (Lipinski definition) is 6. The standard InChI is InChI=1S/C25H38N2O6/c1-23(2,3)31-14-12-27-20(28)18-10-9-17(15-19(18)21(27)29)16-25(7,8)32-13-11-26-22(30)33-24(4,5)6/h9-10,15H,11-14,16H2,1-8H3,(H,26,30). The monoisotopic (exact) mass is 462 g/mol. The Morgan fingerprint density at radius 3 is 2.12 bits per heavy atom. The SMILES string of the molecule is CC(C)(C)OCCN1C(=O)c2ccc(CC(C)(C)OCCNC(=O)OC(C)(C)C)cc2C1=O. The van der Waals surface area contributed by atoms with Crippen LogP contribution in [0, 0.1) is 0 Å². The van der Waals surface area contributed by atoms with Gasteiger partial charge in [-0.1, -0.05) is 6.07 Å². The lowest BCUT2D eigenvalue weighted by Gasteiger charge is -2.26. The van der Waals surface area contributed by atoms with Crippen molar-refractivity contribution >= 4 is 17.9 Å². The van der Waals surface area contributed by atoms with Crippen LogP contribution >= 0.6 is 0 Å². The highest BCUT2D eigenvalue weighted by Gasteiger charge is 2.36. The van der Waals surface area contributed by atoms with Crippen molar-refractivity contribution in [2.75, 3.05) is 26.3 Å². The minimum atomic E-state index is -0.550. The van der Waals surface area contributed by atoms with Crippen LogP contribution in [0.3, 0.4) is 0 Å². The van der Waals surface area contributed by atoms with Crippen molar-refractivity contribution in [3.8, 4) is 0 Å². The Morgan fingerprint density at radius 1 is 0.879 bits per heavy atom. The van der Waals surface area contributed by atoms with Gasteiger partial charge in [-0.05, 0) is 73.1 Å². The van der Waals surface area contributed by atoms with Gasteiger partial charge in [-0.15, -0.1) is 0 Å². The lowest BCUT2D eigenvalue weighted by Crippen LogP contribution is -2.36. The van der Waals surface area contributed by atoms with Gasteiger partial charge in [0.1, 0.15) is 5.60 Å². The summed E-state index contributed by atoms with van der Waals surface area (Å²) in [6.07, 6.45) is 0.0598. The zero-order valence-corrected chi connectivity index (χ0v) is 21.2. The molecule has 0 saturated carbocycles. The number of carbonyl (C=O) groups is 3. The molecule has 33 heavy (non-hydrogen) atoms. The van der Waals surface area contributed by atoms with Gasteiger partial charge >= 0.3 is 6.09 Å². The fourth-order valence-electron chi connectivity index (χ4n) is 3.43. The molecule has 0 unspecified atom stereocenters. The van der Waals surface area contributed by atoms with Crippen molar-refractivity contribution < 1.29 is 28.6 Å². The van der Waals surface area contributed by atoms with E-state index in [1.807, 2.05) is 40.7 Å². The van der Waals surface area contributed by atoms with Crippen LogP contribution in [0.1, 0.15) is 81.7 Å². The number of nitrogens with zero attached hydrogens (tertiary/aromatic N) is 1. The molecule has 0 spiro atoms. The van der Waals surface area contributed by atoms with Crippen LogP contribution < -0.4 is 5.32 Å². The molecule has 8 nitrogen and oxygen atoms in total. The fraction of sp³-hybridized carbons (Fsp3) is 0.640. The van der Waals surface area contributed by atoms with Crippen molar-refractivity contribution in [3.63, 3.8) is 0 Å². The summed E-state index contributed by atoms with van der Waals surface area (Å²) >= 11 is 0. The molecule has 0 aromatic heterocycles. The van der Waals surface area contributed by atoms with E-state index in [2.05, 4.69) is 5.32 Å².